The maximum atomic E-state index is 13.5. The second-order valence-corrected chi connectivity index (χ2v) is 5.16. The van der Waals surface area contributed by atoms with Crippen LogP contribution < -0.4 is 10.1 Å². The predicted molar refractivity (Wildman–Crippen MR) is 79.2 cm³/mol. The molecule has 0 bridgehead atoms. The lowest BCUT2D eigenvalue weighted by Crippen LogP contribution is -2.14. The van der Waals surface area contributed by atoms with Crippen LogP contribution in [-0.4, -0.2) is 11.9 Å². The summed E-state index contributed by atoms with van der Waals surface area (Å²) in [6, 6.07) is 12.1. The van der Waals surface area contributed by atoms with Crippen LogP contribution in [0.5, 0.6) is 5.75 Å². The van der Waals surface area contributed by atoms with Crippen molar-refractivity contribution in [3.05, 3.63) is 59.9 Å². The highest BCUT2D eigenvalue weighted by atomic mass is 19.1. The van der Waals surface area contributed by atoms with E-state index in [9.17, 15) is 14.0 Å². The summed E-state index contributed by atoms with van der Waals surface area (Å²) in [7, 11) is 0. The average Bonchev–Trinajstić information content (AvgIpc) is 3.34. The van der Waals surface area contributed by atoms with Crippen molar-refractivity contribution < 1.29 is 18.7 Å². The standard InChI is InChI=1S/C17H14FNO3/c18-14-6-1-2-7-15(14)22-17(21)12-4-3-5-13(10-12)19-16(20)11-8-9-11/h1-7,10-11H,8-9H2,(H,19,20). The molecule has 0 radical (unpaired) electrons. The molecule has 0 heterocycles. The Morgan fingerprint density at radius 1 is 1.09 bits per heavy atom. The minimum absolute atomic E-state index is 0.0420. The number of amides is 1. The maximum absolute atomic E-state index is 13.5. The molecule has 4 nitrogen and oxygen atoms in total. The summed E-state index contributed by atoms with van der Waals surface area (Å²) in [5, 5.41) is 2.75. The van der Waals surface area contributed by atoms with E-state index < -0.39 is 11.8 Å². The number of halogens is 1. The molecule has 22 heavy (non-hydrogen) atoms. The van der Waals surface area contributed by atoms with Crippen LogP contribution in [0.15, 0.2) is 48.5 Å². The Labute approximate surface area is 126 Å². The highest BCUT2D eigenvalue weighted by molar-refractivity contribution is 5.96. The Morgan fingerprint density at radius 2 is 1.86 bits per heavy atom. The normalized spacial score (nSPS) is 13.5. The van der Waals surface area contributed by atoms with Gasteiger partial charge in [0, 0.05) is 11.6 Å². The zero-order valence-electron chi connectivity index (χ0n) is 11.7. The largest absolute Gasteiger partial charge is 0.420 e. The minimum Gasteiger partial charge on any atom is -0.420 e. The maximum Gasteiger partial charge on any atom is 0.343 e. The third-order valence-corrected chi connectivity index (χ3v) is 3.35. The van der Waals surface area contributed by atoms with Crippen molar-refractivity contribution in [3.63, 3.8) is 0 Å². The molecule has 0 spiro atoms. The van der Waals surface area contributed by atoms with E-state index in [1.165, 1.54) is 24.3 Å². The van der Waals surface area contributed by atoms with Gasteiger partial charge >= 0.3 is 5.97 Å². The van der Waals surface area contributed by atoms with Gasteiger partial charge in [-0.15, -0.1) is 0 Å². The first-order valence-corrected chi connectivity index (χ1v) is 7.01. The van der Waals surface area contributed by atoms with E-state index in [-0.39, 0.29) is 23.1 Å². The van der Waals surface area contributed by atoms with Crippen LogP contribution in [0.3, 0.4) is 0 Å². The van der Waals surface area contributed by atoms with Crippen LogP contribution in [0.2, 0.25) is 0 Å². The molecule has 1 aliphatic rings. The van der Waals surface area contributed by atoms with Crippen molar-refractivity contribution in [2.24, 2.45) is 5.92 Å². The van der Waals surface area contributed by atoms with Gasteiger partial charge in [-0.2, -0.15) is 0 Å². The Hall–Kier alpha value is -2.69. The zero-order chi connectivity index (χ0) is 15.5. The molecule has 0 saturated heterocycles. The number of esters is 1. The summed E-state index contributed by atoms with van der Waals surface area (Å²) in [6.07, 6.45) is 1.81. The van der Waals surface area contributed by atoms with E-state index >= 15 is 0 Å². The van der Waals surface area contributed by atoms with Crippen LogP contribution in [0.1, 0.15) is 23.2 Å². The number of anilines is 1. The fourth-order valence-corrected chi connectivity index (χ4v) is 2.00. The molecule has 0 atom stereocenters. The van der Waals surface area contributed by atoms with Gasteiger partial charge in [0.25, 0.3) is 0 Å². The van der Waals surface area contributed by atoms with Crippen molar-refractivity contribution in [1.29, 1.82) is 0 Å². The smallest absolute Gasteiger partial charge is 0.343 e. The SMILES string of the molecule is O=C(Oc1ccccc1F)c1cccc(NC(=O)C2CC2)c1. The average molecular weight is 299 g/mol. The minimum atomic E-state index is -0.673. The molecule has 112 valence electrons. The van der Waals surface area contributed by atoms with Gasteiger partial charge in [0.1, 0.15) is 0 Å². The lowest BCUT2D eigenvalue weighted by molar-refractivity contribution is -0.117. The van der Waals surface area contributed by atoms with Gasteiger partial charge in [0.2, 0.25) is 5.91 Å². The number of hydrogen-bond acceptors (Lipinski definition) is 3. The molecular weight excluding hydrogens is 285 g/mol. The quantitative estimate of drug-likeness (QED) is 0.695. The summed E-state index contributed by atoms with van der Waals surface area (Å²) >= 11 is 0. The molecule has 1 N–H and O–H groups in total. The van der Waals surface area contributed by atoms with Crippen LogP contribution in [0, 0.1) is 11.7 Å². The number of carbonyl (C=O) groups excluding carboxylic acids is 2. The number of benzene rings is 2. The van der Waals surface area contributed by atoms with E-state index in [2.05, 4.69) is 5.32 Å². The summed E-state index contributed by atoms with van der Waals surface area (Å²) in [4.78, 5) is 23.8. The third-order valence-electron chi connectivity index (χ3n) is 3.35. The van der Waals surface area contributed by atoms with Crippen LogP contribution >= 0.6 is 0 Å². The highest BCUT2D eigenvalue weighted by Gasteiger charge is 2.29. The van der Waals surface area contributed by atoms with Gasteiger partial charge in [-0.3, -0.25) is 4.79 Å². The molecule has 1 amide bonds. The summed E-state index contributed by atoms with van der Waals surface area (Å²) < 4.78 is 18.5. The van der Waals surface area contributed by atoms with Crippen LogP contribution in [0.4, 0.5) is 10.1 Å². The van der Waals surface area contributed by atoms with Crippen molar-refractivity contribution in [3.8, 4) is 5.75 Å². The lowest BCUT2D eigenvalue weighted by atomic mass is 10.2. The summed E-state index contributed by atoms with van der Waals surface area (Å²) in [6.45, 7) is 0. The topological polar surface area (TPSA) is 55.4 Å². The van der Waals surface area contributed by atoms with Crippen molar-refractivity contribution in [2.75, 3.05) is 5.32 Å². The number of carbonyl (C=O) groups is 2. The van der Waals surface area contributed by atoms with Crippen molar-refractivity contribution >= 4 is 17.6 Å². The predicted octanol–water partition coefficient (Wildman–Crippen LogP) is 3.39. The molecule has 2 aromatic carbocycles. The third kappa shape index (κ3) is 3.31. The van der Waals surface area contributed by atoms with Gasteiger partial charge in [-0.1, -0.05) is 18.2 Å². The van der Waals surface area contributed by atoms with E-state index in [0.717, 1.165) is 12.8 Å². The first-order valence-electron chi connectivity index (χ1n) is 7.01. The molecule has 2 aromatic rings. The van der Waals surface area contributed by atoms with Gasteiger partial charge in [-0.25, -0.2) is 9.18 Å². The molecule has 0 aromatic heterocycles. The Balaban J connectivity index is 1.72. The fraction of sp³-hybridized carbons (Fsp3) is 0.176. The molecule has 5 heteroatoms. The number of para-hydroxylation sites is 1. The first-order chi connectivity index (χ1) is 10.6. The molecule has 1 fully saturated rings. The van der Waals surface area contributed by atoms with Crippen LogP contribution in [-0.2, 0) is 4.79 Å². The number of nitrogens with one attached hydrogen (secondary N) is 1. The fourth-order valence-electron chi connectivity index (χ4n) is 2.00. The molecule has 0 aliphatic heterocycles. The zero-order valence-corrected chi connectivity index (χ0v) is 11.7. The van der Waals surface area contributed by atoms with E-state index in [4.69, 9.17) is 4.74 Å². The van der Waals surface area contributed by atoms with E-state index in [1.807, 2.05) is 0 Å². The molecular formula is C17H14FNO3. The monoisotopic (exact) mass is 299 g/mol. The molecule has 3 rings (SSSR count). The lowest BCUT2D eigenvalue weighted by Gasteiger charge is -2.08. The molecule has 1 saturated carbocycles. The van der Waals surface area contributed by atoms with Crippen LogP contribution in [0.25, 0.3) is 0 Å². The van der Waals surface area contributed by atoms with Gasteiger partial charge in [-0.05, 0) is 43.2 Å². The number of rotatable bonds is 4. The van der Waals surface area contributed by atoms with E-state index in [0.29, 0.717) is 5.69 Å². The van der Waals surface area contributed by atoms with Gasteiger partial charge in [0.05, 0.1) is 5.56 Å². The molecule has 0 unspecified atom stereocenters. The number of ether oxygens (including phenoxy) is 1. The Kier molecular flexibility index (Phi) is 3.87. The summed E-state index contributed by atoms with van der Waals surface area (Å²) in [5.74, 6) is -1.37. The van der Waals surface area contributed by atoms with Crippen molar-refractivity contribution in [1.82, 2.24) is 0 Å². The second-order valence-electron chi connectivity index (χ2n) is 5.16. The second kappa shape index (κ2) is 5.97. The Bertz CT molecular complexity index is 725. The highest BCUT2D eigenvalue weighted by Crippen LogP contribution is 2.30. The van der Waals surface area contributed by atoms with Gasteiger partial charge in [0.15, 0.2) is 11.6 Å². The first kappa shape index (κ1) is 14.3. The molecule has 1 aliphatic carbocycles. The summed E-state index contributed by atoms with van der Waals surface area (Å²) in [5.41, 5.74) is 0.775. The van der Waals surface area contributed by atoms with Crippen molar-refractivity contribution in [2.45, 2.75) is 12.8 Å². The van der Waals surface area contributed by atoms with E-state index in [1.54, 1.807) is 24.3 Å². The number of hydrogen-bond donors (Lipinski definition) is 1. The Morgan fingerprint density at radius 3 is 2.59 bits per heavy atom. The van der Waals surface area contributed by atoms with Gasteiger partial charge < -0.3 is 10.1 Å².